The van der Waals surface area contributed by atoms with Crippen molar-refractivity contribution in [3.63, 3.8) is 0 Å². The Bertz CT molecular complexity index is 540. The van der Waals surface area contributed by atoms with Crippen LogP contribution < -0.4 is 5.32 Å². The number of hydrogen-bond donors (Lipinski definition) is 1. The number of anilines is 1. The zero-order valence-electron chi connectivity index (χ0n) is 11.6. The van der Waals surface area contributed by atoms with Gasteiger partial charge in [0.1, 0.15) is 10.7 Å². The number of morpholine rings is 1. The normalized spacial score (nSPS) is 25.6. The second-order valence-electron chi connectivity index (χ2n) is 5.52. The Morgan fingerprint density at radius 1 is 1.52 bits per heavy atom. The van der Waals surface area contributed by atoms with Crippen molar-refractivity contribution in [1.29, 1.82) is 0 Å². The van der Waals surface area contributed by atoms with E-state index in [0.29, 0.717) is 18.3 Å². The Balaban J connectivity index is 1.63. The van der Waals surface area contributed by atoms with Crippen molar-refractivity contribution in [3.8, 4) is 0 Å². The molecule has 6 nitrogen and oxygen atoms in total. The van der Waals surface area contributed by atoms with Gasteiger partial charge in [-0.2, -0.15) is 0 Å². The molecule has 1 aromatic carbocycles. The summed E-state index contributed by atoms with van der Waals surface area (Å²) in [7, 11) is 0. The fourth-order valence-corrected chi connectivity index (χ4v) is 3.32. The number of hydrogen-bond acceptors (Lipinski definition) is 5. The van der Waals surface area contributed by atoms with Crippen LogP contribution in [0.2, 0.25) is 5.02 Å². The maximum Gasteiger partial charge on any atom is 0.310 e. The number of nitro benzene ring substituents is 1. The molecular weight excluding hydrogens is 294 g/mol. The van der Waals surface area contributed by atoms with E-state index in [-0.39, 0.29) is 16.8 Å². The van der Waals surface area contributed by atoms with Crippen LogP contribution in [-0.4, -0.2) is 48.2 Å². The van der Waals surface area contributed by atoms with Crippen molar-refractivity contribution in [2.24, 2.45) is 0 Å². The Kier molecular flexibility index (Phi) is 4.28. The summed E-state index contributed by atoms with van der Waals surface area (Å²) in [6.07, 6.45) is 2.49. The van der Waals surface area contributed by atoms with E-state index in [1.54, 1.807) is 12.1 Å². The molecule has 2 aliphatic rings. The molecular formula is C14H18ClN3O3. The van der Waals surface area contributed by atoms with Gasteiger partial charge in [-0.05, 0) is 31.5 Å². The monoisotopic (exact) mass is 311 g/mol. The van der Waals surface area contributed by atoms with Crippen molar-refractivity contribution in [3.05, 3.63) is 33.3 Å². The van der Waals surface area contributed by atoms with E-state index < -0.39 is 4.92 Å². The summed E-state index contributed by atoms with van der Waals surface area (Å²) in [5.74, 6) is 0. The molecule has 2 aliphatic heterocycles. The lowest BCUT2D eigenvalue weighted by atomic mass is 10.2. The third-order valence-electron chi connectivity index (χ3n) is 4.15. The first-order valence-corrected chi connectivity index (χ1v) is 7.55. The van der Waals surface area contributed by atoms with Crippen LogP contribution in [0, 0.1) is 10.1 Å². The number of nitrogens with one attached hydrogen (secondary N) is 1. The Labute approximate surface area is 128 Å². The van der Waals surface area contributed by atoms with Gasteiger partial charge in [0.15, 0.2) is 0 Å². The van der Waals surface area contributed by atoms with E-state index in [9.17, 15) is 10.1 Å². The van der Waals surface area contributed by atoms with Gasteiger partial charge < -0.3 is 10.1 Å². The predicted octanol–water partition coefficient (Wildman–Crippen LogP) is 2.52. The van der Waals surface area contributed by atoms with Gasteiger partial charge >= 0.3 is 5.69 Å². The van der Waals surface area contributed by atoms with Crippen LogP contribution in [0.15, 0.2) is 18.2 Å². The van der Waals surface area contributed by atoms with Crippen LogP contribution in [-0.2, 0) is 4.74 Å². The molecule has 0 amide bonds. The third-order valence-corrected chi connectivity index (χ3v) is 4.46. The number of para-hydroxylation sites is 1. The minimum atomic E-state index is -0.455. The summed E-state index contributed by atoms with van der Waals surface area (Å²) in [5.41, 5.74) is 0.369. The third kappa shape index (κ3) is 3.12. The minimum absolute atomic E-state index is 0.0536. The van der Waals surface area contributed by atoms with Crippen LogP contribution in [0.4, 0.5) is 11.4 Å². The van der Waals surface area contributed by atoms with Crippen LogP contribution in [0.25, 0.3) is 0 Å². The number of fused-ring (bicyclic) bond motifs is 1. The molecule has 2 fully saturated rings. The lowest BCUT2D eigenvalue weighted by molar-refractivity contribution is -0.383. The van der Waals surface area contributed by atoms with Gasteiger partial charge in [-0.1, -0.05) is 17.7 Å². The molecule has 0 saturated carbocycles. The Hall–Kier alpha value is -1.37. The molecule has 114 valence electrons. The highest BCUT2D eigenvalue weighted by molar-refractivity contribution is 6.33. The maximum absolute atomic E-state index is 11.1. The minimum Gasteiger partial charge on any atom is -0.377 e. The second-order valence-corrected chi connectivity index (χ2v) is 5.93. The molecule has 2 unspecified atom stereocenters. The molecule has 2 saturated heterocycles. The standard InChI is InChI=1S/C14H18ClN3O3/c15-12-4-1-5-13(14(12)18(19)20)16-7-11-8-17-6-2-3-10(17)9-21-11/h1,4-5,10-11,16H,2-3,6-9H2. The Morgan fingerprint density at radius 2 is 2.38 bits per heavy atom. The van der Waals surface area contributed by atoms with Crippen molar-refractivity contribution in [2.45, 2.75) is 25.0 Å². The first-order chi connectivity index (χ1) is 10.1. The number of halogens is 1. The van der Waals surface area contributed by atoms with Crippen LogP contribution in [0.5, 0.6) is 0 Å². The first-order valence-electron chi connectivity index (χ1n) is 7.17. The van der Waals surface area contributed by atoms with E-state index in [2.05, 4.69) is 10.2 Å². The fraction of sp³-hybridized carbons (Fsp3) is 0.571. The summed E-state index contributed by atoms with van der Waals surface area (Å²) in [6, 6.07) is 5.46. The molecule has 0 radical (unpaired) electrons. The maximum atomic E-state index is 11.1. The van der Waals surface area contributed by atoms with Crippen molar-refractivity contribution in [2.75, 3.05) is 31.6 Å². The SMILES string of the molecule is O=[N+]([O-])c1c(Cl)cccc1NCC1CN2CCCC2CO1. The predicted molar refractivity (Wildman–Crippen MR) is 80.9 cm³/mol. The smallest absolute Gasteiger partial charge is 0.310 e. The largest absolute Gasteiger partial charge is 0.377 e. The fourth-order valence-electron chi connectivity index (χ4n) is 3.08. The molecule has 0 spiro atoms. The zero-order valence-corrected chi connectivity index (χ0v) is 12.4. The molecule has 0 aromatic heterocycles. The number of rotatable bonds is 4. The van der Waals surface area contributed by atoms with Gasteiger partial charge in [-0.3, -0.25) is 15.0 Å². The lowest BCUT2D eigenvalue weighted by Gasteiger charge is -2.35. The van der Waals surface area contributed by atoms with E-state index in [1.807, 2.05) is 0 Å². The van der Waals surface area contributed by atoms with Crippen molar-refractivity contribution < 1.29 is 9.66 Å². The van der Waals surface area contributed by atoms with Crippen LogP contribution in [0.1, 0.15) is 12.8 Å². The molecule has 7 heteroatoms. The van der Waals surface area contributed by atoms with E-state index >= 15 is 0 Å². The van der Waals surface area contributed by atoms with Gasteiger partial charge in [0, 0.05) is 19.1 Å². The van der Waals surface area contributed by atoms with Crippen molar-refractivity contribution in [1.82, 2.24) is 4.90 Å². The van der Waals surface area contributed by atoms with Crippen molar-refractivity contribution >= 4 is 23.0 Å². The molecule has 0 bridgehead atoms. The average molecular weight is 312 g/mol. The summed E-state index contributed by atoms with van der Waals surface area (Å²) < 4.78 is 5.84. The van der Waals surface area contributed by atoms with Gasteiger partial charge in [0.2, 0.25) is 0 Å². The number of nitro groups is 1. The molecule has 1 N–H and O–H groups in total. The molecule has 1 aromatic rings. The highest BCUT2D eigenvalue weighted by Gasteiger charge is 2.32. The summed E-state index contributed by atoms with van der Waals surface area (Å²) in [5, 5.41) is 14.3. The zero-order chi connectivity index (χ0) is 14.8. The summed E-state index contributed by atoms with van der Waals surface area (Å²) in [4.78, 5) is 13.1. The number of benzene rings is 1. The highest BCUT2D eigenvalue weighted by atomic mass is 35.5. The molecule has 0 aliphatic carbocycles. The summed E-state index contributed by atoms with van der Waals surface area (Å²) >= 11 is 5.90. The average Bonchev–Trinajstić information content (AvgIpc) is 2.92. The van der Waals surface area contributed by atoms with Gasteiger partial charge in [-0.15, -0.1) is 0 Å². The summed E-state index contributed by atoms with van der Waals surface area (Å²) in [6.45, 7) is 3.31. The van der Waals surface area contributed by atoms with E-state index in [0.717, 1.165) is 19.7 Å². The topological polar surface area (TPSA) is 67.6 Å². The number of ether oxygens (including phenoxy) is 1. The lowest BCUT2D eigenvalue weighted by Crippen LogP contribution is -2.48. The molecule has 2 atom stereocenters. The van der Waals surface area contributed by atoms with E-state index in [4.69, 9.17) is 16.3 Å². The molecule has 2 heterocycles. The van der Waals surface area contributed by atoms with Crippen LogP contribution >= 0.6 is 11.6 Å². The molecule has 21 heavy (non-hydrogen) atoms. The van der Waals surface area contributed by atoms with Gasteiger partial charge in [0.05, 0.1) is 17.6 Å². The second kappa shape index (κ2) is 6.17. The van der Waals surface area contributed by atoms with Gasteiger partial charge in [-0.25, -0.2) is 0 Å². The van der Waals surface area contributed by atoms with Gasteiger partial charge in [0.25, 0.3) is 0 Å². The quantitative estimate of drug-likeness (QED) is 0.683. The number of nitrogens with zero attached hydrogens (tertiary/aromatic N) is 2. The highest BCUT2D eigenvalue weighted by Crippen LogP contribution is 2.32. The first kappa shape index (κ1) is 14.6. The van der Waals surface area contributed by atoms with E-state index in [1.165, 1.54) is 18.9 Å². The van der Waals surface area contributed by atoms with Crippen LogP contribution in [0.3, 0.4) is 0 Å². The Morgan fingerprint density at radius 3 is 3.19 bits per heavy atom. The molecule has 3 rings (SSSR count).